The van der Waals surface area contributed by atoms with Crippen LogP contribution in [0.15, 0.2) is 37.1 Å². The van der Waals surface area contributed by atoms with Gasteiger partial charge in [0, 0.05) is 51.5 Å². The highest BCUT2D eigenvalue weighted by Crippen LogP contribution is 2.09. The van der Waals surface area contributed by atoms with Crippen molar-refractivity contribution in [2.24, 2.45) is 0 Å². The largest absolute Gasteiger partial charge is 0.385 e. The molecule has 1 amide bonds. The van der Waals surface area contributed by atoms with Gasteiger partial charge in [-0.2, -0.15) is 0 Å². The third-order valence-corrected chi connectivity index (χ3v) is 2.87. The molecule has 20 heavy (non-hydrogen) atoms. The standard InChI is InChI=1S/C14H19N5O/c1-18(2)14(20)13-10-12(4-6-17-13)16-5-3-8-19-9-7-15-11-19/h4,6-7,9-11H,3,5,8H2,1-2H3,(H,16,17). The zero-order valence-electron chi connectivity index (χ0n) is 11.8. The summed E-state index contributed by atoms with van der Waals surface area (Å²) in [6, 6.07) is 3.64. The van der Waals surface area contributed by atoms with Crippen molar-refractivity contribution in [3.63, 3.8) is 0 Å². The van der Waals surface area contributed by atoms with E-state index < -0.39 is 0 Å². The Morgan fingerprint density at radius 2 is 2.25 bits per heavy atom. The van der Waals surface area contributed by atoms with Gasteiger partial charge in [-0.1, -0.05) is 0 Å². The molecule has 1 N–H and O–H groups in total. The van der Waals surface area contributed by atoms with Crippen LogP contribution < -0.4 is 5.32 Å². The average molecular weight is 273 g/mol. The van der Waals surface area contributed by atoms with Gasteiger partial charge in [-0.3, -0.25) is 9.78 Å². The van der Waals surface area contributed by atoms with E-state index >= 15 is 0 Å². The molecule has 0 aliphatic carbocycles. The van der Waals surface area contributed by atoms with Crippen LogP contribution in [0.3, 0.4) is 0 Å². The Kier molecular flexibility index (Phi) is 4.70. The van der Waals surface area contributed by atoms with E-state index in [4.69, 9.17) is 0 Å². The monoisotopic (exact) mass is 273 g/mol. The molecule has 0 radical (unpaired) electrons. The first-order chi connectivity index (χ1) is 9.66. The van der Waals surface area contributed by atoms with Crippen LogP contribution in [-0.2, 0) is 6.54 Å². The lowest BCUT2D eigenvalue weighted by molar-refractivity contribution is 0.0822. The Bertz CT molecular complexity index is 550. The summed E-state index contributed by atoms with van der Waals surface area (Å²) in [5.41, 5.74) is 1.37. The maximum Gasteiger partial charge on any atom is 0.272 e. The summed E-state index contributed by atoms with van der Waals surface area (Å²) in [4.78, 5) is 21.4. The third-order valence-electron chi connectivity index (χ3n) is 2.87. The number of anilines is 1. The predicted molar refractivity (Wildman–Crippen MR) is 77.6 cm³/mol. The molecule has 6 nitrogen and oxygen atoms in total. The molecule has 2 heterocycles. The van der Waals surface area contributed by atoms with Crippen molar-refractivity contribution < 1.29 is 4.79 Å². The van der Waals surface area contributed by atoms with Crippen LogP contribution in [0.1, 0.15) is 16.9 Å². The van der Waals surface area contributed by atoms with Crippen molar-refractivity contribution in [1.29, 1.82) is 0 Å². The number of amides is 1. The lowest BCUT2D eigenvalue weighted by Crippen LogP contribution is -2.22. The highest BCUT2D eigenvalue weighted by atomic mass is 16.2. The van der Waals surface area contributed by atoms with Crippen molar-refractivity contribution >= 4 is 11.6 Å². The summed E-state index contributed by atoms with van der Waals surface area (Å²) < 4.78 is 2.04. The van der Waals surface area contributed by atoms with Crippen LogP contribution in [0.5, 0.6) is 0 Å². The number of hydrogen-bond donors (Lipinski definition) is 1. The average Bonchev–Trinajstić information content (AvgIpc) is 2.96. The Hall–Kier alpha value is -2.37. The summed E-state index contributed by atoms with van der Waals surface area (Å²) >= 11 is 0. The SMILES string of the molecule is CN(C)C(=O)c1cc(NCCCn2ccnc2)ccn1. The molecular formula is C14H19N5O. The molecule has 0 aliphatic heterocycles. The maximum absolute atomic E-state index is 11.8. The van der Waals surface area contributed by atoms with E-state index in [0.29, 0.717) is 5.69 Å². The van der Waals surface area contributed by atoms with E-state index in [-0.39, 0.29) is 5.91 Å². The minimum absolute atomic E-state index is 0.0907. The van der Waals surface area contributed by atoms with E-state index in [1.807, 2.05) is 16.8 Å². The topological polar surface area (TPSA) is 63.1 Å². The third kappa shape index (κ3) is 3.81. The number of carbonyl (C=O) groups is 1. The Balaban J connectivity index is 1.84. The molecule has 2 aromatic heterocycles. The number of aryl methyl sites for hydroxylation is 1. The number of nitrogens with one attached hydrogen (secondary N) is 1. The smallest absolute Gasteiger partial charge is 0.272 e. The summed E-state index contributed by atoms with van der Waals surface area (Å²) in [5, 5.41) is 3.30. The molecule has 0 fully saturated rings. The Morgan fingerprint density at radius 1 is 1.40 bits per heavy atom. The normalized spacial score (nSPS) is 10.3. The lowest BCUT2D eigenvalue weighted by Gasteiger charge is -2.11. The van der Waals surface area contributed by atoms with Crippen molar-refractivity contribution in [3.8, 4) is 0 Å². The zero-order valence-corrected chi connectivity index (χ0v) is 11.8. The van der Waals surface area contributed by atoms with E-state index in [0.717, 1.165) is 25.2 Å². The van der Waals surface area contributed by atoms with Crippen LogP contribution in [0.25, 0.3) is 0 Å². The summed E-state index contributed by atoms with van der Waals surface area (Å²) in [6.45, 7) is 1.75. The number of aromatic nitrogens is 3. The van der Waals surface area contributed by atoms with Gasteiger partial charge < -0.3 is 14.8 Å². The molecular weight excluding hydrogens is 254 g/mol. The van der Waals surface area contributed by atoms with E-state index in [1.54, 1.807) is 38.9 Å². The van der Waals surface area contributed by atoms with Crippen molar-refractivity contribution in [1.82, 2.24) is 19.4 Å². The van der Waals surface area contributed by atoms with Gasteiger partial charge in [0.2, 0.25) is 0 Å². The predicted octanol–water partition coefficient (Wildman–Crippen LogP) is 1.48. The van der Waals surface area contributed by atoms with Crippen LogP contribution in [0.2, 0.25) is 0 Å². The molecule has 0 saturated heterocycles. The summed E-state index contributed by atoms with van der Waals surface area (Å²) in [5.74, 6) is -0.0907. The molecule has 2 rings (SSSR count). The van der Waals surface area contributed by atoms with Crippen LogP contribution in [-0.4, -0.2) is 46.0 Å². The highest BCUT2D eigenvalue weighted by molar-refractivity contribution is 5.92. The van der Waals surface area contributed by atoms with Crippen LogP contribution in [0.4, 0.5) is 5.69 Å². The van der Waals surface area contributed by atoms with E-state index in [2.05, 4.69) is 15.3 Å². The molecule has 2 aromatic rings. The van der Waals surface area contributed by atoms with Gasteiger partial charge in [-0.15, -0.1) is 0 Å². The second kappa shape index (κ2) is 6.70. The van der Waals surface area contributed by atoms with Gasteiger partial charge >= 0.3 is 0 Å². The summed E-state index contributed by atoms with van der Waals surface area (Å²) in [6.07, 6.45) is 8.15. The molecule has 0 saturated carbocycles. The fourth-order valence-electron chi connectivity index (χ4n) is 1.80. The molecule has 0 atom stereocenters. The quantitative estimate of drug-likeness (QED) is 0.810. The fourth-order valence-corrected chi connectivity index (χ4v) is 1.80. The molecule has 0 aromatic carbocycles. The lowest BCUT2D eigenvalue weighted by atomic mass is 10.3. The molecule has 106 valence electrons. The van der Waals surface area contributed by atoms with Crippen LogP contribution >= 0.6 is 0 Å². The first-order valence-corrected chi connectivity index (χ1v) is 6.54. The van der Waals surface area contributed by atoms with Gasteiger partial charge in [0.05, 0.1) is 6.33 Å². The minimum atomic E-state index is -0.0907. The number of rotatable bonds is 6. The molecule has 0 unspecified atom stereocenters. The molecule has 0 aliphatic rings. The maximum atomic E-state index is 11.8. The zero-order chi connectivity index (χ0) is 14.4. The number of imidazole rings is 1. The van der Waals surface area contributed by atoms with Gasteiger partial charge in [0.1, 0.15) is 5.69 Å². The van der Waals surface area contributed by atoms with Gasteiger partial charge in [0.15, 0.2) is 0 Å². The molecule has 0 spiro atoms. The van der Waals surface area contributed by atoms with Crippen molar-refractivity contribution in [2.45, 2.75) is 13.0 Å². The number of carbonyl (C=O) groups excluding carboxylic acids is 1. The first-order valence-electron chi connectivity index (χ1n) is 6.54. The minimum Gasteiger partial charge on any atom is -0.385 e. The molecule has 6 heteroatoms. The number of hydrogen-bond acceptors (Lipinski definition) is 4. The van der Waals surface area contributed by atoms with E-state index in [1.165, 1.54) is 4.90 Å². The Morgan fingerprint density at radius 3 is 2.95 bits per heavy atom. The van der Waals surface area contributed by atoms with Crippen molar-refractivity contribution in [2.75, 3.05) is 26.0 Å². The molecule has 0 bridgehead atoms. The van der Waals surface area contributed by atoms with Gasteiger partial charge in [0.25, 0.3) is 5.91 Å². The fraction of sp³-hybridized carbons (Fsp3) is 0.357. The van der Waals surface area contributed by atoms with E-state index in [9.17, 15) is 4.79 Å². The highest BCUT2D eigenvalue weighted by Gasteiger charge is 2.09. The van der Waals surface area contributed by atoms with Crippen LogP contribution in [0, 0.1) is 0 Å². The summed E-state index contributed by atoms with van der Waals surface area (Å²) in [7, 11) is 3.43. The number of pyridine rings is 1. The van der Waals surface area contributed by atoms with Gasteiger partial charge in [-0.05, 0) is 18.6 Å². The second-order valence-corrected chi connectivity index (χ2v) is 4.71. The van der Waals surface area contributed by atoms with Crippen molar-refractivity contribution in [3.05, 3.63) is 42.7 Å². The number of nitrogens with zero attached hydrogens (tertiary/aromatic N) is 4. The second-order valence-electron chi connectivity index (χ2n) is 4.71. The van der Waals surface area contributed by atoms with Gasteiger partial charge in [-0.25, -0.2) is 4.98 Å². The Labute approximate surface area is 118 Å². The first kappa shape index (κ1) is 14.0.